The molecule has 2 aromatic rings. The third kappa shape index (κ3) is 2.68. The molecule has 0 aliphatic rings. The molecule has 0 spiro atoms. The van der Waals surface area contributed by atoms with Gasteiger partial charge in [0.1, 0.15) is 5.75 Å². The van der Waals surface area contributed by atoms with E-state index >= 15 is 0 Å². The lowest BCUT2D eigenvalue weighted by atomic mass is 10.1. The molecule has 0 saturated carbocycles. The van der Waals surface area contributed by atoms with Gasteiger partial charge in [0, 0.05) is 11.6 Å². The zero-order valence-electron chi connectivity index (χ0n) is 9.56. The van der Waals surface area contributed by atoms with Gasteiger partial charge in [-0.2, -0.15) is 0 Å². The molecule has 0 saturated heterocycles. The van der Waals surface area contributed by atoms with Crippen molar-refractivity contribution in [1.29, 1.82) is 0 Å². The smallest absolute Gasteiger partial charge is 0.252 e. The Balaban J connectivity index is 2.51. The fourth-order valence-corrected chi connectivity index (χ4v) is 1.85. The van der Waals surface area contributed by atoms with Crippen LogP contribution in [0.1, 0.15) is 0 Å². The van der Waals surface area contributed by atoms with Gasteiger partial charge in [0.2, 0.25) is 0 Å². The van der Waals surface area contributed by atoms with Gasteiger partial charge in [0.15, 0.2) is 5.16 Å². The Morgan fingerprint density at radius 1 is 1.35 bits per heavy atom. The fourth-order valence-electron chi connectivity index (χ4n) is 1.46. The maximum Gasteiger partial charge on any atom is 0.252 e. The molecule has 0 radical (unpaired) electrons. The van der Waals surface area contributed by atoms with Crippen molar-refractivity contribution in [3.05, 3.63) is 40.7 Å². The lowest BCUT2D eigenvalue weighted by Gasteiger charge is -2.04. The van der Waals surface area contributed by atoms with Crippen LogP contribution in [0.2, 0.25) is 0 Å². The third-order valence-electron chi connectivity index (χ3n) is 2.28. The topological polar surface area (TPSA) is 55.0 Å². The van der Waals surface area contributed by atoms with E-state index in [1.165, 1.54) is 17.8 Å². The van der Waals surface area contributed by atoms with Crippen LogP contribution in [-0.2, 0) is 0 Å². The number of methoxy groups -OCH3 is 1. The van der Waals surface area contributed by atoms with Gasteiger partial charge in [0.25, 0.3) is 5.56 Å². The molecule has 88 valence electrons. The van der Waals surface area contributed by atoms with E-state index in [0.717, 1.165) is 11.3 Å². The van der Waals surface area contributed by atoms with Gasteiger partial charge in [-0.3, -0.25) is 4.79 Å². The van der Waals surface area contributed by atoms with E-state index in [1.54, 1.807) is 7.11 Å². The molecule has 0 aliphatic carbocycles. The summed E-state index contributed by atoms with van der Waals surface area (Å²) in [6.07, 6.45) is 1.87. The van der Waals surface area contributed by atoms with E-state index in [9.17, 15) is 4.79 Å². The summed E-state index contributed by atoms with van der Waals surface area (Å²) in [6.45, 7) is 0. The fraction of sp³-hybridized carbons (Fsp3) is 0.167. The second-order valence-electron chi connectivity index (χ2n) is 3.37. The van der Waals surface area contributed by atoms with Crippen LogP contribution in [-0.4, -0.2) is 23.3 Å². The first-order valence-corrected chi connectivity index (χ1v) is 6.25. The Morgan fingerprint density at radius 3 is 2.88 bits per heavy atom. The third-order valence-corrected chi connectivity index (χ3v) is 2.86. The average molecular weight is 248 g/mol. The maximum atomic E-state index is 11.5. The Morgan fingerprint density at radius 2 is 2.18 bits per heavy atom. The standard InChI is InChI=1S/C12H12N2O2S/c1-16-9-5-3-4-8(6-9)10-7-11(15)14-12(13-10)17-2/h3-7H,1-2H3,(H,13,14,15). The Kier molecular flexibility index (Phi) is 3.49. The monoisotopic (exact) mass is 248 g/mol. The highest BCUT2D eigenvalue weighted by molar-refractivity contribution is 7.98. The number of rotatable bonds is 3. The minimum absolute atomic E-state index is 0.151. The molecule has 0 atom stereocenters. The van der Waals surface area contributed by atoms with Crippen molar-refractivity contribution in [3.63, 3.8) is 0 Å². The molecule has 1 aromatic carbocycles. The predicted molar refractivity (Wildman–Crippen MR) is 68.6 cm³/mol. The lowest BCUT2D eigenvalue weighted by molar-refractivity contribution is 0.415. The van der Waals surface area contributed by atoms with Crippen molar-refractivity contribution in [2.75, 3.05) is 13.4 Å². The maximum absolute atomic E-state index is 11.5. The van der Waals surface area contributed by atoms with Gasteiger partial charge < -0.3 is 9.72 Å². The molecule has 2 rings (SSSR count). The van der Waals surface area contributed by atoms with Gasteiger partial charge in [-0.25, -0.2) is 4.98 Å². The van der Waals surface area contributed by atoms with Crippen LogP contribution in [0, 0.1) is 0 Å². The summed E-state index contributed by atoms with van der Waals surface area (Å²) in [4.78, 5) is 18.5. The minimum atomic E-state index is -0.151. The van der Waals surface area contributed by atoms with Gasteiger partial charge >= 0.3 is 0 Å². The number of benzene rings is 1. The van der Waals surface area contributed by atoms with Crippen molar-refractivity contribution in [2.45, 2.75) is 5.16 Å². The lowest BCUT2D eigenvalue weighted by Crippen LogP contribution is -2.07. The van der Waals surface area contributed by atoms with Crippen LogP contribution in [0.4, 0.5) is 0 Å². The number of thioether (sulfide) groups is 1. The van der Waals surface area contributed by atoms with Crippen LogP contribution < -0.4 is 10.3 Å². The van der Waals surface area contributed by atoms with E-state index < -0.39 is 0 Å². The minimum Gasteiger partial charge on any atom is -0.497 e. The van der Waals surface area contributed by atoms with Crippen LogP contribution in [0.3, 0.4) is 0 Å². The number of hydrogen-bond donors (Lipinski definition) is 1. The Hall–Kier alpha value is -1.75. The molecule has 5 heteroatoms. The number of nitrogens with one attached hydrogen (secondary N) is 1. The summed E-state index contributed by atoms with van der Waals surface area (Å²) in [5, 5.41) is 0.607. The summed E-state index contributed by atoms with van der Waals surface area (Å²) in [5.41, 5.74) is 1.37. The molecule has 1 aromatic heterocycles. The quantitative estimate of drug-likeness (QED) is 0.668. The van der Waals surface area contributed by atoms with Gasteiger partial charge in [0.05, 0.1) is 12.8 Å². The van der Waals surface area contributed by atoms with Crippen LogP contribution >= 0.6 is 11.8 Å². The van der Waals surface area contributed by atoms with Crippen molar-refractivity contribution in [2.24, 2.45) is 0 Å². The first-order valence-electron chi connectivity index (χ1n) is 5.02. The van der Waals surface area contributed by atoms with Crippen LogP contribution in [0.5, 0.6) is 5.75 Å². The Labute approximate surface area is 103 Å². The molecule has 1 N–H and O–H groups in total. The summed E-state index contributed by atoms with van der Waals surface area (Å²) < 4.78 is 5.14. The summed E-state index contributed by atoms with van der Waals surface area (Å²) in [5.74, 6) is 0.746. The average Bonchev–Trinajstić information content (AvgIpc) is 2.38. The number of H-pyrrole nitrogens is 1. The summed E-state index contributed by atoms with van der Waals surface area (Å²) >= 11 is 1.40. The number of aromatic nitrogens is 2. The number of aromatic amines is 1. The second kappa shape index (κ2) is 5.05. The molecule has 4 nitrogen and oxygen atoms in total. The van der Waals surface area contributed by atoms with E-state index in [0.29, 0.717) is 10.9 Å². The molecule has 17 heavy (non-hydrogen) atoms. The summed E-state index contributed by atoms with van der Waals surface area (Å²) in [7, 11) is 1.61. The Bertz CT molecular complexity index is 581. The van der Waals surface area contributed by atoms with Gasteiger partial charge in [-0.1, -0.05) is 23.9 Å². The molecule has 0 unspecified atom stereocenters. The number of ether oxygens (including phenoxy) is 1. The van der Waals surface area contributed by atoms with E-state index in [1.807, 2.05) is 30.5 Å². The highest BCUT2D eigenvalue weighted by Gasteiger charge is 2.04. The highest BCUT2D eigenvalue weighted by Crippen LogP contribution is 2.22. The van der Waals surface area contributed by atoms with Gasteiger partial charge in [-0.15, -0.1) is 0 Å². The van der Waals surface area contributed by atoms with Crippen molar-refractivity contribution >= 4 is 11.8 Å². The largest absolute Gasteiger partial charge is 0.497 e. The zero-order valence-corrected chi connectivity index (χ0v) is 10.4. The van der Waals surface area contributed by atoms with Crippen LogP contribution in [0.15, 0.2) is 40.3 Å². The van der Waals surface area contributed by atoms with Gasteiger partial charge in [-0.05, 0) is 18.4 Å². The van der Waals surface area contributed by atoms with Crippen molar-refractivity contribution in [3.8, 4) is 17.0 Å². The van der Waals surface area contributed by atoms with E-state index in [2.05, 4.69) is 9.97 Å². The normalized spacial score (nSPS) is 10.2. The molecular formula is C12H12N2O2S. The van der Waals surface area contributed by atoms with Crippen molar-refractivity contribution in [1.82, 2.24) is 9.97 Å². The molecule has 0 fully saturated rings. The number of nitrogens with zero attached hydrogens (tertiary/aromatic N) is 1. The highest BCUT2D eigenvalue weighted by atomic mass is 32.2. The first kappa shape index (κ1) is 11.7. The SMILES string of the molecule is COc1cccc(-c2cc(=O)[nH]c(SC)n2)c1. The first-order chi connectivity index (χ1) is 8.22. The summed E-state index contributed by atoms with van der Waals surface area (Å²) in [6, 6.07) is 8.96. The van der Waals surface area contributed by atoms with E-state index in [-0.39, 0.29) is 5.56 Å². The van der Waals surface area contributed by atoms with Crippen molar-refractivity contribution < 1.29 is 4.74 Å². The molecule has 0 bridgehead atoms. The number of hydrogen-bond acceptors (Lipinski definition) is 4. The predicted octanol–water partition coefficient (Wildman–Crippen LogP) is 2.17. The molecule has 1 heterocycles. The second-order valence-corrected chi connectivity index (χ2v) is 4.17. The zero-order chi connectivity index (χ0) is 12.3. The molecule has 0 amide bonds. The van der Waals surface area contributed by atoms with Crippen LogP contribution in [0.25, 0.3) is 11.3 Å². The molecule has 0 aliphatic heterocycles. The van der Waals surface area contributed by atoms with E-state index in [4.69, 9.17) is 4.74 Å². The molecular weight excluding hydrogens is 236 g/mol.